The molecular formula is C27H25NO5. The van der Waals surface area contributed by atoms with Crippen LogP contribution in [0.2, 0.25) is 0 Å². The Balaban J connectivity index is 1.79. The Morgan fingerprint density at radius 3 is 2.36 bits per heavy atom. The van der Waals surface area contributed by atoms with E-state index >= 15 is 0 Å². The van der Waals surface area contributed by atoms with Gasteiger partial charge in [0.2, 0.25) is 5.91 Å². The molecule has 1 aliphatic rings. The number of Topliss-reactive ketones (excluding diaryl/α,β-unsaturated/α-hetero) is 2. The summed E-state index contributed by atoms with van der Waals surface area (Å²) in [5.41, 5.74) is 2.25. The summed E-state index contributed by atoms with van der Waals surface area (Å²) in [6.45, 7) is 0. The van der Waals surface area contributed by atoms with E-state index in [4.69, 9.17) is 9.47 Å². The standard InChI is InChI=1S/C27H25NO5/c1-32-24-13-12-18(14-25(24)33-2)20(15-23(29)17-8-4-3-5-9-17)21-16-26(30)28-22-11-7-6-10-19(22)27(21)31/h3-14,20-21H,15-16H2,1-2H3,(H,28,30). The molecule has 0 spiro atoms. The molecule has 1 aliphatic heterocycles. The van der Waals surface area contributed by atoms with Gasteiger partial charge in [-0.1, -0.05) is 48.5 Å². The number of carbonyl (C=O) groups is 3. The highest BCUT2D eigenvalue weighted by Crippen LogP contribution is 2.40. The number of anilines is 1. The molecule has 2 atom stereocenters. The number of amides is 1. The van der Waals surface area contributed by atoms with E-state index in [-0.39, 0.29) is 30.3 Å². The first-order valence-corrected chi connectivity index (χ1v) is 10.7. The largest absolute Gasteiger partial charge is 0.493 e. The topological polar surface area (TPSA) is 81.7 Å². The highest BCUT2D eigenvalue weighted by molar-refractivity contribution is 6.11. The summed E-state index contributed by atoms with van der Waals surface area (Å²) >= 11 is 0. The minimum absolute atomic E-state index is 0.0193. The van der Waals surface area contributed by atoms with E-state index in [0.29, 0.717) is 28.3 Å². The number of carbonyl (C=O) groups excluding carboxylic acids is 3. The second kappa shape index (κ2) is 9.69. The molecule has 1 amide bonds. The molecule has 0 aliphatic carbocycles. The maximum Gasteiger partial charge on any atom is 0.225 e. The van der Waals surface area contributed by atoms with Gasteiger partial charge in [0, 0.05) is 35.8 Å². The van der Waals surface area contributed by atoms with Crippen LogP contribution in [-0.4, -0.2) is 31.7 Å². The molecule has 33 heavy (non-hydrogen) atoms. The maximum absolute atomic E-state index is 13.6. The second-order valence-electron chi connectivity index (χ2n) is 7.98. The lowest BCUT2D eigenvalue weighted by atomic mass is 9.76. The van der Waals surface area contributed by atoms with Crippen molar-refractivity contribution in [2.75, 3.05) is 19.5 Å². The first-order valence-electron chi connectivity index (χ1n) is 10.7. The van der Waals surface area contributed by atoms with E-state index in [1.165, 1.54) is 7.11 Å². The number of hydrogen-bond donors (Lipinski definition) is 1. The van der Waals surface area contributed by atoms with E-state index in [1.54, 1.807) is 67.8 Å². The van der Waals surface area contributed by atoms with E-state index in [1.807, 2.05) is 12.1 Å². The number of benzene rings is 3. The van der Waals surface area contributed by atoms with Gasteiger partial charge in [0.25, 0.3) is 0 Å². The van der Waals surface area contributed by atoms with Gasteiger partial charge in [-0.2, -0.15) is 0 Å². The molecular weight excluding hydrogens is 418 g/mol. The van der Waals surface area contributed by atoms with E-state index in [2.05, 4.69) is 5.32 Å². The molecule has 0 radical (unpaired) electrons. The average Bonchev–Trinajstić information content (AvgIpc) is 2.98. The van der Waals surface area contributed by atoms with Crippen LogP contribution in [0.4, 0.5) is 5.69 Å². The Morgan fingerprint density at radius 1 is 0.939 bits per heavy atom. The molecule has 168 valence electrons. The molecule has 1 heterocycles. The Kier molecular flexibility index (Phi) is 6.54. The van der Waals surface area contributed by atoms with E-state index in [0.717, 1.165) is 5.56 Å². The zero-order valence-corrected chi connectivity index (χ0v) is 18.5. The summed E-state index contributed by atoms with van der Waals surface area (Å²) in [6.07, 6.45) is 0.0555. The van der Waals surface area contributed by atoms with Gasteiger partial charge in [-0.05, 0) is 29.8 Å². The predicted molar refractivity (Wildman–Crippen MR) is 125 cm³/mol. The van der Waals surface area contributed by atoms with Gasteiger partial charge in [0.15, 0.2) is 23.1 Å². The smallest absolute Gasteiger partial charge is 0.225 e. The summed E-state index contributed by atoms with van der Waals surface area (Å²) in [5, 5.41) is 2.83. The molecule has 0 saturated heterocycles. The number of para-hydroxylation sites is 1. The Labute approximate surface area is 192 Å². The third-order valence-corrected chi connectivity index (χ3v) is 6.03. The molecule has 0 saturated carbocycles. The van der Waals surface area contributed by atoms with Crippen LogP contribution in [0.3, 0.4) is 0 Å². The zero-order chi connectivity index (χ0) is 23.4. The maximum atomic E-state index is 13.6. The zero-order valence-electron chi connectivity index (χ0n) is 18.5. The van der Waals surface area contributed by atoms with Crippen molar-refractivity contribution in [3.8, 4) is 11.5 Å². The molecule has 1 N–H and O–H groups in total. The third-order valence-electron chi connectivity index (χ3n) is 6.03. The van der Waals surface area contributed by atoms with Crippen molar-refractivity contribution in [3.63, 3.8) is 0 Å². The van der Waals surface area contributed by atoms with Crippen molar-refractivity contribution in [2.24, 2.45) is 5.92 Å². The van der Waals surface area contributed by atoms with Gasteiger partial charge in [-0.3, -0.25) is 14.4 Å². The first-order chi connectivity index (χ1) is 16.0. The van der Waals surface area contributed by atoms with Crippen LogP contribution in [0.15, 0.2) is 72.8 Å². The van der Waals surface area contributed by atoms with Crippen LogP contribution >= 0.6 is 0 Å². The fourth-order valence-corrected chi connectivity index (χ4v) is 4.34. The highest BCUT2D eigenvalue weighted by atomic mass is 16.5. The molecule has 0 fully saturated rings. The van der Waals surface area contributed by atoms with Crippen LogP contribution in [-0.2, 0) is 4.79 Å². The van der Waals surface area contributed by atoms with Crippen LogP contribution in [0.5, 0.6) is 11.5 Å². The normalized spacial score (nSPS) is 16.2. The van der Waals surface area contributed by atoms with E-state index < -0.39 is 11.8 Å². The van der Waals surface area contributed by atoms with Gasteiger partial charge < -0.3 is 14.8 Å². The van der Waals surface area contributed by atoms with Crippen LogP contribution in [0.1, 0.15) is 45.0 Å². The molecule has 3 aromatic carbocycles. The summed E-state index contributed by atoms with van der Waals surface area (Å²) < 4.78 is 10.8. The van der Waals surface area contributed by atoms with Gasteiger partial charge in [-0.25, -0.2) is 0 Å². The average molecular weight is 443 g/mol. The summed E-state index contributed by atoms with van der Waals surface area (Å²) in [6, 6.07) is 21.3. The Bertz CT molecular complexity index is 1190. The van der Waals surface area contributed by atoms with Crippen molar-refractivity contribution in [2.45, 2.75) is 18.8 Å². The van der Waals surface area contributed by atoms with Gasteiger partial charge in [0.05, 0.1) is 19.9 Å². The molecule has 2 unspecified atom stereocenters. The van der Waals surface area contributed by atoms with Gasteiger partial charge in [0.1, 0.15) is 0 Å². The minimum atomic E-state index is -0.709. The van der Waals surface area contributed by atoms with Crippen molar-refractivity contribution in [1.82, 2.24) is 0 Å². The van der Waals surface area contributed by atoms with Crippen LogP contribution < -0.4 is 14.8 Å². The van der Waals surface area contributed by atoms with E-state index in [9.17, 15) is 14.4 Å². The monoisotopic (exact) mass is 443 g/mol. The quantitative estimate of drug-likeness (QED) is 0.525. The lowest BCUT2D eigenvalue weighted by Crippen LogP contribution is -2.26. The molecule has 6 nitrogen and oxygen atoms in total. The number of methoxy groups -OCH3 is 2. The summed E-state index contributed by atoms with van der Waals surface area (Å²) in [5.74, 6) is -0.703. The summed E-state index contributed by atoms with van der Waals surface area (Å²) in [7, 11) is 3.08. The lowest BCUT2D eigenvalue weighted by Gasteiger charge is -2.25. The number of fused-ring (bicyclic) bond motifs is 1. The SMILES string of the molecule is COc1ccc(C(CC(=O)c2ccccc2)C2CC(=O)Nc3ccccc3C2=O)cc1OC. The Morgan fingerprint density at radius 2 is 1.64 bits per heavy atom. The van der Waals surface area contributed by atoms with Crippen molar-refractivity contribution >= 4 is 23.2 Å². The fourth-order valence-electron chi connectivity index (χ4n) is 4.34. The molecule has 0 bridgehead atoms. The third kappa shape index (κ3) is 4.65. The van der Waals surface area contributed by atoms with Gasteiger partial charge >= 0.3 is 0 Å². The number of ether oxygens (including phenoxy) is 2. The number of nitrogens with one attached hydrogen (secondary N) is 1. The first kappa shape index (κ1) is 22.3. The molecule has 6 heteroatoms. The number of hydrogen-bond acceptors (Lipinski definition) is 5. The van der Waals surface area contributed by atoms with Crippen LogP contribution in [0, 0.1) is 5.92 Å². The molecule has 4 rings (SSSR count). The fraction of sp³-hybridized carbons (Fsp3) is 0.222. The molecule has 3 aromatic rings. The minimum Gasteiger partial charge on any atom is -0.493 e. The second-order valence-corrected chi connectivity index (χ2v) is 7.98. The predicted octanol–water partition coefficient (Wildman–Crippen LogP) is 4.90. The van der Waals surface area contributed by atoms with Crippen LogP contribution in [0.25, 0.3) is 0 Å². The highest BCUT2D eigenvalue weighted by Gasteiger charge is 2.37. The Hall–Kier alpha value is -3.93. The lowest BCUT2D eigenvalue weighted by molar-refractivity contribution is -0.116. The van der Waals surface area contributed by atoms with Crippen molar-refractivity contribution < 1.29 is 23.9 Å². The number of ketones is 2. The number of rotatable bonds is 7. The van der Waals surface area contributed by atoms with Gasteiger partial charge in [-0.15, -0.1) is 0 Å². The summed E-state index contributed by atoms with van der Waals surface area (Å²) in [4.78, 5) is 39.6. The van der Waals surface area contributed by atoms with Crippen molar-refractivity contribution in [1.29, 1.82) is 0 Å². The molecule has 0 aromatic heterocycles. The van der Waals surface area contributed by atoms with Crippen molar-refractivity contribution in [3.05, 3.63) is 89.5 Å².